The van der Waals surface area contributed by atoms with Crippen molar-refractivity contribution in [2.45, 2.75) is 20.3 Å². The quantitative estimate of drug-likeness (QED) is 0.754. The van der Waals surface area contributed by atoms with E-state index in [9.17, 15) is 4.79 Å². The average molecular weight is 233 g/mol. The van der Waals surface area contributed by atoms with Crippen molar-refractivity contribution in [1.82, 2.24) is 0 Å². The maximum atomic E-state index is 11.9. The van der Waals surface area contributed by atoms with Gasteiger partial charge in [0, 0.05) is 13.0 Å². The molecule has 0 aromatic heterocycles. The van der Waals surface area contributed by atoms with Crippen molar-refractivity contribution >= 4 is 17.3 Å². The van der Waals surface area contributed by atoms with Gasteiger partial charge in [0.25, 0.3) is 0 Å². The van der Waals surface area contributed by atoms with E-state index < -0.39 is 0 Å². The second kappa shape index (κ2) is 4.37. The van der Waals surface area contributed by atoms with Gasteiger partial charge in [-0.3, -0.25) is 4.79 Å². The topological polar surface area (TPSA) is 72.3 Å². The van der Waals surface area contributed by atoms with Crippen molar-refractivity contribution < 1.29 is 4.79 Å². The number of carbonyl (C=O) groups is 1. The van der Waals surface area contributed by atoms with E-state index in [1.54, 1.807) is 4.90 Å². The van der Waals surface area contributed by atoms with Gasteiger partial charge in [0.05, 0.1) is 11.4 Å². The smallest absolute Gasteiger partial charge is 0.227 e. The van der Waals surface area contributed by atoms with E-state index in [0.29, 0.717) is 25.2 Å². The first kappa shape index (κ1) is 11.9. The second-order valence-corrected chi connectivity index (χ2v) is 4.82. The van der Waals surface area contributed by atoms with Crippen LogP contribution in [-0.4, -0.2) is 19.0 Å². The number of hydrogen-bond donors (Lipinski definition) is 2. The molecule has 2 rings (SSSR count). The molecule has 0 spiro atoms. The Bertz CT molecular complexity index is 456. The minimum absolute atomic E-state index is 0.122. The van der Waals surface area contributed by atoms with Gasteiger partial charge in [0.15, 0.2) is 0 Å². The molecule has 0 radical (unpaired) electrons. The maximum absolute atomic E-state index is 11.9. The monoisotopic (exact) mass is 233 g/mol. The Labute approximate surface area is 102 Å². The Morgan fingerprint density at radius 1 is 1.41 bits per heavy atom. The predicted octanol–water partition coefficient (Wildman–Crippen LogP) is 1.20. The highest BCUT2D eigenvalue weighted by Gasteiger charge is 2.30. The fraction of sp³-hybridized carbons (Fsp3) is 0.462. The van der Waals surface area contributed by atoms with E-state index in [4.69, 9.17) is 11.5 Å². The minimum atomic E-state index is 0.122. The molecular formula is C13H19N3O. The zero-order valence-corrected chi connectivity index (χ0v) is 10.4. The zero-order valence-electron chi connectivity index (χ0n) is 10.4. The number of aryl methyl sites for hydroxylation is 2. The number of hydrogen-bond acceptors (Lipinski definition) is 3. The number of amides is 1. The molecule has 1 saturated heterocycles. The Balaban J connectivity index is 2.38. The summed E-state index contributed by atoms with van der Waals surface area (Å²) in [4.78, 5) is 13.7. The molecule has 1 fully saturated rings. The van der Waals surface area contributed by atoms with E-state index in [0.717, 1.165) is 16.8 Å². The van der Waals surface area contributed by atoms with Crippen LogP contribution in [0.25, 0.3) is 0 Å². The molecular weight excluding hydrogens is 214 g/mol. The molecule has 1 atom stereocenters. The minimum Gasteiger partial charge on any atom is -0.397 e. The average Bonchev–Trinajstić information content (AvgIpc) is 2.65. The number of benzene rings is 1. The Kier molecular flexibility index (Phi) is 3.07. The van der Waals surface area contributed by atoms with Gasteiger partial charge in [-0.25, -0.2) is 0 Å². The van der Waals surface area contributed by atoms with Gasteiger partial charge in [-0.05, 0) is 43.5 Å². The number of carbonyl (C=O) groups excluding carboxylic acids is 1. The second-order valence-electron chi connectivity index (χ2n) is 4.82. The first-order chi connectivity index (χ1) is 8.02. The summed E-state index contributed by atoms with van der Waals surface area (Å²) in [6.07, 6.45) is 0.531. The van der Waals surface area contributed by atoms with Crippen LogP contribution >= 0.6 is 0 Å². The molecule has 1 aromatic carbocycles. The van der Waals surface area contributed by atoms with E-state index in [2.05, 4.69) is 0 Å². The van der Waals surface area contributed by atoms with Crippen LogP contribution in [0.5, 0.6) is 0 Å². The van der Waals surface area contributed by atoms with E-state index in [-0.39, 0.29) is 11.8 Å². The molecule has 1 aliphatic rings. The Morgan fingerprint density at radius 2 is 2.12 bits per heavy atom. The van der Waals surface area contributed by atoms with Crippen LogP contribution < -0.4 is 16.4 Å². The van der Waals surface area contributed by atoms with Gasteiger partial charge >= 0.3 is 0 Å². The standard InChI is InChI=1S/C13H19N3O/c1-8-3-9(2)13(15)11(4-8)16-7-10(6-14)5-12(16)17/h3-4,10H,5-7,14-15H2,1-2H3. The molecule has 17 heavy (non-hydrogen) atoms. The number of rotatable bonds is 2. The van der Waals surface area contributed by atoms with Crippen LogP contribution in [0.2, 0.25) is 0 Å². The molecule has 1 aromatic rings. The highest BCUT2D eigenvalue weighted by atomic mass is 16.2. The molecule has 1 heterocycles. The van der Waals surface area contributed by atoms with Gasteiger partial charge in [0.2, 0.25) is 5.91 Å². The van der Waals surface area contributed by atoms with Crippen LogP contribution in [0.1, 0.15) is 17.5 Å². The summed E-state index contributed by atoms with van der Waals surface area (Å²) in [5, 5.41) is 0. The summed E-state index contributed by atoms with van der Waals surface area (Å²) in [5.41, 5.74) is 15.4. The van der Waals surface area contributed by atoms with Crippen molar-refractivity contribution in [3.05, 3.63) is 23.3 Å². The Hall–Kier alpha value is -1.55. The van der Waals surface area contributed by atoms with Crippen LogP contribution in [0.3, 0.4) is 0 Å². The molecule has 1 aliphatic heterocycles. The van der Waals surface area contributed by atoms with Gasteiger partial charge < -0.3 is 16.4 Å². The number of anilines is 2. The van der Waals surface area contributed by atoms with Crippen molar-refractivity contribution in [2.75, 3.05) is 23.7 Å². The number of nitrogen functional groups attached to an aromatic ring is 1. The molecule has 0 saturated carbocycles. The first-order valence-corrected chi connectivity index (χ1v) is 5.90. The van der Waals surface area contributed by atoms with E-state index in [1.165, 1.54) is 0 Å². The summed E-state index contributed by atoms with van der Waals surface area (Å²) < 4.78 is 0. The Morgan fingerprint density at radius 3 is 2.71 bits per heavy atom. The first-order valence-electron chi connectivity index (χ1n) is 5.90. The van der Waals surface area contributed by atoms with Crippen LogP contribution in [0.15, 0.2) is 12.1 Å². The van der Waals surface area contributed by atoms with Gasteiger partial charge in [-0.1, -0.05) is 6.07 Å². The molecule has 4 N–H and O–H groups in total. The molecule has 92 valence electrons. The molecule has 1 amide bonds. The van der Waals surface area contributed by atoms with E-state index in [1.807, 2.05) is 26.0 Å². The fourth-order valence-corrected chi connectivity index (χ4v) is 2.35. The van der Waals surface area contributed by atoms with Crippen molar-refractivity contribution in [2.24, 2.45) is 11.7 Å². The summed E-state index contributed by atoms with van der Waals surface area (Å²) in [7, 11) is 0. The van der Waals surface area contributed by atoms with Gasteiger partial charge in [-0.2, -0.15) is 0 Å². The zero-order chi connectivity index (χ0) is 12.6. The van der Waals surface area contributed by atoms with Crippen molar-refractivity contribution in [3.63, 3.8) is 0 Å². The molecule has 4 nitrogen and oxygen atoms in total. The van der Waals surface area contributed by atoms with Crippen molar-refractivity contribution in [1.29, 1.82) is 0 Å². The highest BCUT2D eigenvalue weighted by Crippen LogP contribution is 2.32. The lowest BCUT2D eigenvalue weighted by Crippen LogP contribution is -2.26. The number of nitrogens with two attached hydrogens (primary N) is 2. The summed E-state index contributed by atoms with van der Waals surface area (Å²) in [6.45, 7) is 5.21. The summed E-state index contributed by atoms with van der Waals surface area (Å²) in [5.74, 6) is 0.375. The van der Waals surface area contributed by atoms with Crippen LogP contribution in [0.4, 0.5) is 11.4 Å². The normalized spacial score (nSPS) is 20.1. The third kappa shape index (κ3) is 2.13. The lowest BCUT2D eigenvalue weighted by Gasteiger charge is -2.20. The number of nitrogens with zero attached hydrogens (tertiary/aromatic N) is 1. The lowest BCUT2D eigenvalue weighted by molar-refractivity contribution is -0.117. The van der Waals surface area contributed by atoms with Gasteiger partial charge in [-0.15, -0.1) is 0 Å². The lowest BCUT2D eigenvalue weighted by atomic mass is 10.1. The van der Waals surface area contributed by atoms with E-state index >= 15 is 0 Å². The maximum Gasteiger partial charge on any atom is 0.227 e. The summed E-state index contributed by atoms with van der Waals surface area (Å²) >= 11 is 0. The largest absolute Gasteiger partial charge is 0.397 e. The SMILES string of the molecule is Cc1cc(C)c(N)c(N2CC(CN)CC2=O)c1. The molecule has 1 unspecified atom stereocenters. The summed E-state index contributed by atoms with van der Waals surface area (Å²) in [6, 6.07) is 4.00. The van der Waals surface area contributed by atoms with Crippen molar-refractivity contribution in [3.8, 4) is 0 Å². The molecule has 0 bridgehead atoms. The molecule has 0 aliphatic carbocycles. The van der Waals surface area contributed by atoms with Crippen LogP contribution in [-0.2, 0) is 4.79 Å². The molecule has 4 heteroatoms. The predicted molar refractivity (Wildman–Crippen MR) is 69.8 cm³/mol. The highest BCUT2D eigenvalue weighted by molar-refractivity contribution is 5.99. The van der Waals surface area contributed by atoms with Crippen LogP contribution in [0, 0.1) is 19.8 Å². The third-order valence-corrected chi connectivity index (χ3v) is 3.34. The van der Waals surface area contributed by atoms with Gasteiger partial charge in [0.1, 0.15) is 0 Å². The third-order valence-electron chi connectivity index (χ3n) is 3.34. The fourth-order valence-electron chi connectivity index (χ4n) is 2.35.